The summed E-state index contributed by atoms with van der Waals surface area (Å²) in [5.41, 5.74) is 0. The summed E-state index contributed by atoms with van der Waals surface area (Å²) in [6.45, 7) is 0. The molecule has 1 radical (unpaired) electrons. The predicted molar refractivity (Wildman–Crippen MR) is 24.3 cm³/mol. The van der Waals surface area contributed by atoms with Crippen LogP contribution in [0.3, 0.4) is 0 Å². The Kier molecular flexibility index (Phi) is 45.8. The van der Waals surface area contributed by atoms with Gasteiger partial charge in [-0.15, -0.1) is 0 Å². The SMILES string of the molecule is O=CC=O.O=CC=O.[Au]. The molecule has 0 aliphatic rings. The van der Waals surface area contributed by atoms with Crippen molar-refractivity contribution in [1.82, 2.24) is 0 Å². The van der Waals surface area contributed by atoms with E-state index in [9.17, 15) is 0 Å². The Labute approximate surface area is 67.1 Å². The van der Waals surface area contributed by atoms with E-state index in [2.05, 4.69) is 0 Å². The van der Waals surface area contributed by atoms with E-state index in [-0.39, 0.29) is 47.5 Å². The van der Waals surface area contributed by atoms with Gasteiger partial charge in [0.05, 0.1) is 0 Å². The number of hydrogen-bond acceptors (Lipinski definition) is 4. The van der Waals surface area contributed by atoms with Crippen LogP contribution in [0.25, 0.3) is 0 Å². The first-order valence-corrected chi connectivity index (χ1v) is 1.61. The Morgan fingerprint density at radius 1 is 0.556 bits per heavy atom. The molecule has 0 saturated heterocycles. The van der Waals surface area contributed by atoms with Crippen LogP contribution in [0.4, 0.5) is 0 Å². The Balaban J connectivity index is -0.0000000720. The number of carbonyl (C=O) groups is 4. The maximum atomic E-state index is 8.81. The van der Waals surface area contributed by atoms with E-state index in [1.807, 2.05) is 0 Å². The molecule has 5 heteroatoms. The summed E-state index contributed by atoms with van der Waals surface area (Å²) in [5.74, 6) is 0. The minimum absolute atomic E-state index is 0. The normalized spacial score (nSPS) is 4.44. The molecule has 0 aliphatic carbocycles. The monoisotopic (exact) mass is 313 g/mol. The van der Waals surface area contributed by atoms with E-state index < -0.39 is 0 Å². The van der Waals surface area contributed by atoms with Crippen LogP contribution in [0.1, 0.15) is 0 Å². The van der Waals surface area contributed by atoms with Gasteiger partial charge in [-0.3, -0.25) is 19.2 Å². The molecule has 0 bridgehead atoms. The number of hydrogen-bond donors (Lipinski definition) is 0. The molecule has 0 amide bonds. The van der Waals surface area contributed by atoms with E-state index in [4.69, 9.17) is 19.2 Å². The molecule has 0 aromatic rings. The van der Waals surface area contributed by atoms with Crippen molar-refractivity contribution in [2.75, 3.05) is 0 Å². The van der Waals surface area contributed by atoms with Crippen LogP contribution in [0, 0.1) is 0 Å². The maximum absolute atomic E-state index is 8.81. The summed E-state index contributed by atoms with van der Waals surface area (Å²) in [6.07, 6.45) is 0.778. The molecule has 0 fully saturated rings. The Morgan fingerprint density at radius 3 is 0.667 bits per heavy atom. The van der Waals surface area contributed by atoms with Crippen molar-refractivity contribution in [1.29, 1.82) is 0 Å². The van der Waals surface area contributed by atoms with E-state index in [1.165, 1.54) is 0 Å². The van der Waals surface area contributed by atoms with Crippen LogP contribution < -0.4 is 0 Å². The first-order chi connectivity index (χ1) is 3.83. The topological polar surface area (TPSA) is 68.3 Å². The number of carbonyl (C=O) groups excluding carboxylic acids is 4. The molecule has 0 spiro atoms. The third-order valence-corrected chi connectivity index (χ3v) is 0.111. The number of rotatable bonds is 2. The zero-order valence-corrected chi connectivity index (χ0v) is 6.41. The predicted octanol–water partition coefficient (Wildman–Crippen LogP) is -1.23. The molecule has 0 saturated carbocycles. The van der Waals surface area contributed by atoms with Gasteiger partial charge in [0.15, 0.2) is 25.1 Å². The molecular formula is C4H4AuO4. The smallest absolute Gasteiger partial charge is 0.182 e. The van der Waals surface area contributed by atoms with Crippen molar-refractivity contribution in [3.8, 4) is 0 Å². The second kappa shape index (κ2) is 26.1. The van der Waals surface area contributed by atoms with Crippen molar-refractivity contribution in [2.45, 2.75) is 0 Å². The standard InChI is InChI=1S/2C2H2O2.Au/c2*3-1-2-4;/h2*1-2H;. The van der Waals surface area contributed by atoms with E-state index in [0.29, 0.717) is 0 Å². The molecular weight excluding hydrogens is 309 g/mol. The second-order valence-electron chi connectivity index (χ2n) is 0.544. The van der Waals surface area contributed by atoms with Crippen LogP contribution in [0.5, 0.6) is 0 Å². The molecule has 55 valence electrons. The molecule has 0 unspecified atom stereocenters. The first-order valence-electron chi connectivity index (χ1n) is 1.61. The summed E-state index contributed by atoms with van der Waals surface area (Å²) in [5, 5.41) is 0. The number of aldehydes is 4. The summed E-state index contributed by atoms with van der Waals surface area (Å²) < 4.78 is 0. The summed E-state index contributed by atoms with van der Waals surface area (Å²) in [6, 6.07) is 0. The van der Waals surface area contributed by atoms with Gasteiger partial charge in [0.25, 0.3) is 0 Å². The van der Waals surface area contributed by atoms with Gasteiger partial charge in [-0.2, -0.15) is 0 Å². The van der Waals surface area contributed by atoms with Gasteiger partial charge in [0.2, 0.25) is 0 Å². The Bertz CT molecular complexity index is 66.6. The molecule has 0 atom stereocenters. The van der Waals surface area contributed by atoms with Crippen LogP contribution in [-0.4, -0.2) is 25.1 Å². The van der Waals surface area contributed by atoms with Crippen molar-refractivity contribution < 1.29 is 41.6 Å². The molecule has 4 nitrogen and oxygen atoms in total. The van der Waals surface area contributed by atoms with E-state index >= 15 is 0 Å². The molecule has 9 heavy (non-hydrogen) atoms. The van der Waals surface area contributed by atoms with Crippen molar-refractivity contribution in [2.24, 2.45) is 0 Å². The molecule has 0 rings (SSSR count). The summed E-state index contributed by atoms with van der Waals surface area (Å²) in [4.78, 5) is 35.2. The molecule has 0 aromatic heterocycles. The largest absolute Gasteiger partial charge is 0.295 e. The maximum Gasteiger partial charge on any atom is 0.182 e. The summed E-state index contributed by atoms with van der Waals surface area (Å²) in [7, 11) is 0. The molecule has 0 heterocycles. The average Bonchev–Trinajstić information content (AvgIpc) is 1.88. The fourth-order valence-electron chi connectivity index (χ4n) is 0. The zero-order chi connectivity index (χ0) is 6.83. The van der Waals surface area contributed by atoms with Crippen molar-refractivity contribution in [3.05, 3.63) is 0 Å². The van der Waals surface area contributed by atoms with Crippen LogP contribution in [0.2, 0.25) is 0 Å². The second-order valence-corrected chi connectivity index (χ2v) is 0.544. The Morgan fingerprint density at radius 2 is 0.667 bits per heavy atom. The fourth-order valence-corrected chi connectivity index (χ4v) is 0. The van der Waals surface area contributed by atoms with E-state index in [1.54, 1.807) is 0 Å². The van der Waals surface area contributed by atoms with Crippen molar-refractivity contribution >= 4 is 25.1 Å². The minimum Gasteiger partial charge on any atom is -0.295 e. The third kappa shape index (κ3) is 108. The summed E-state index contributed by atoms with van der Waals surface area (Å²) >= 11 is 0. The van der Waals surface area contributed by atoms with Crippen LogP contribution in [-0.2, 0) is 41.6 Å². The molecule has 0 aromatic carbocycles. The quantitative estimate of drug-likeness (QED) is 0.364. The van der Waals surface area contributed by atoms with Gasteiger partial charge < -0.3 is 0 Å². The molecule has 0 aliphatic heterocycles. The zero-order valence-electron chi connectivity index (χ0n) is 4.24. The van der Waals surface area contributed by atoms with Crippen LogP contribution in [0.15, 0.2) is 0 Å². The van der Waals surface area contributed by atoms with Gasteiger partial charge in [-0.1, -0.05) is 0 Å². The Hall–Kier alpha value is -0.580. The minimum atomic E-state index is 0. The van der Waals surface area contributed by atoms with E-state index in [0.717, 1.165) is 0 Å². The molecule has 0 N–H and O–H groups in total. The van der Waals surface area contributed by atoms with Gasteiger partial charge in [0.1, 0.15) is 0 Å². The average molecular weight is 313 g/mol. The van der Waals surface area contributed by atoms with Gasteiger partial charge in [-0.25, -0.2) is 0 Å². The van der Waals surface area contributed by atoms with Gasteiger partial charge in [-0.05, 0) is 0 Å². The fraction of sp³-hybridized carbons (Fsp3) is 0. The van der Waals surface area contributed by atoms with Gasteiger partial charge in [0, 0.05) is 22.4 Å². The van der Waals surface area contributed by atoms with Gasteiger partial charge >= 0.3 is 0 Å². The van der Waals surface area contributed by atoms with Crippen LogP contribution >= 0.6 is 0 Å². The first kappa shape index (κ1) is 15.8. The van der Waals surface area contributed by atoms with Crippen molar-refractivity contribution in [3.63, 3.8) is 0 Å². The third-order valence-electron chi connectivity index (χ3n) is 0.111.